The number of hydrogen-bond donors (Lipinski definition) is 3. The summed E-state index contributed by atoms with van der Waals surface area (Å²) < 4.78 is 24.5. The molecule has 0 spiro atoms. The van der Waals surface area contributed by atoms with Crippen LogP contribution in [0.5, 0.6) is 34.5 Å². The molecule has 6 rings (SSSR count). The molecule has 11 heteroatoms. The summed E-state index contributed by atoms with van der Waals surface area (Å²) in [7, 11) is 12.0. The number of nitrogens with zero attached hydrogens (tertiary/aromatic N) is 3. The molecule has 0 saturated heterocycles. The van der Waals surface area contributed by atoms with E-state index in [1.165, 1.54) is 27.4 Å². The van der Waals surface area contributed by atoms with Gasteiger partial charge < -0.3 is 48.1 Å². The van der Waals surface area contributed by atoms with Crippen LogP contribution in [-0.4, -0.2) is 79.0 Å². The van der Waals surface area contributed by atoms with Crippen molar-refractivity contribution in [1.29, 1.82) is 0 Å². The summed E-state index contributed by atoms with van der Waals surface area (Å²) in [6.45, 7) is 0.699. The Balaban J connectivity index is 1.94. The minimum Gasteiger partial charge on any atom is -0.504 e. The van der Waals surface area contributed by atoms with E-state index < -0.39 is 5.63 Å². The highest BCUT2D eigenvalue weighted by atomic mass is 16.5. The molecule has 0 aliphatic carbocycles. The first-order valence-electron chi connectivity index (χ1n) is 14.2. The van der Waals surface area contributed by atoms with Gasteiger partial charge in [0.25, 0.3) is 0 Å². The van der Waals surface area contributed by atoms with Gasteiger partial charge >= 0.3 is 5.63 Å². The number of benzene rings is 3. The van der Waals surface area contributed by atoms with Gasteiger partial charge in [0.05, 0.1) is 32.4 Å². The van der Waals surface area contributed by atoms with E-state index in [0.717, 1.165) is 5.39 Å². The highest BCUT2D eigenvalue weighted by Crippen LogP contribution is 2.48. The van der Waals surface area contributed by atoms with Crippen LogP contribution in [-0.2, 0) is 13.1 Å². The van der Waals surface area contributed by atoms with E-state index in [-0.39, 0.29) is 52.1 Å². The topological polar surface area (TPSA) is 129 Å². The Labute approximate surface area is 258 Å². The average molecular weight is 614 g/mol. The Morgan fingerprint density at radius 2 is 1.33 bits per heavy atom. The summed E-state index contributed by atoms with van der Waals surface area (Å²) in [6.07, 6.45) is 1.79. The SMILES string of the molecule is COc1cc(-c2c3c4cc(OC)c(O)c(CN(C)C)c4oc(=O)c3n3ccc4c(CN(C)C)c(O)c(OC)cc4c23)ccc1O. The molecule has 11 nitrogen and oxygen atoms in total. The van der Waals surface area contributed by atoms with Crippen molar-refractivity contribution in [2.45, 2.75) is 13.1 Å². The zero-order chi connectivity index (χ0) is 32.3. The molecular formula is C34H35N3O8. The van der Waals surface area contributed by atoms with Gasteiger partial charge in [-0.15, -0.1) is 0 Å². The van der Waals surface area contributed by atoms with Gasteiger partial charge in [-0.05, 0) is 69.5 Å². The second-order valence-electron chi connectivity index (χ2n) is 11.5. The van der Waals surface area contributed by atoms with Crippen LogP contribution < -0.4 is 19.8 Å². The molecule has 0 radical (unpaired) electrons. The summed E-state index contributed by atoms with van der Waals surface area (Å²) in [6, 6.07) is 10.3. The number of aromatic nitrogens is 1. The van der Waals surface area contributed by atoms with Gasteiger partial charge in [0.15, 0.2) is 34.5 Å². The quantitative estimate of drug-likeness (QED) is 0.195. The zero-order valence-corrected chi connectivity index (χ0v) is 26.2. The van der Waals surface area contributed by atoms with Crippen molar-refractivity contribution in [3.63, 3.8) is 0 Å². The van der Waals surface area contributed by atoms with Crippen LogP contribution in [0.1, 0.15) is 11.1 Å². The third-order valence-corrected chi connectivity index (χ3v) is 8.09. The van der Waals surface area contributed by atoms with E-state index >= 15 is 0 Å². The van der Waals surface area contributed by atoms with Crippen LogP contribution in [0, 0.1) is 0 Å². The Hall–Kier alpha value is -5.13. The first-order chi connectivity index (χ1) is 21.5. The van der Waals surface area contributed by atoms with Crippen LogP contribution in [0.2, 0.25) is 0 Å². The summed E-state index contributed by atoms with van der Waals surface area (Å²) in [5.41, 5.74) is 2.91. The first kappa shape index (κ1) is 29.9. The maximum absolute atomic E-state index is 14.0. The molecule has 0 bridgehead atoms. The molecule has 3 heterocycles. The lowest BCUT2D eigenvalue weighted by Crippen LogP contribution is -2.12. The molecule has 0 aliphatic rings. The molecule has 0 fully saturated rings. The predicted molar refractivity (Wildman–Crippen MR) is 173 cm³/mol. The molecule has 3 aromatic carbocycles. The normalized spacial score (nSPS) is 11.9. The third kappa shape index (κ3) is 4.63. The van der Waals surface area contributed by atoms with Crippen molar-refractivity contribution in [1.82, 2.24) is 14.2 Å². The second-order valence-corrected chi connectivity index (χ2v) is 11.5. The van der Waals surface area contributed by atoms with Crippen molar-refractivity contribution in [2.75, 3.05) is 49.5 Å². The Kier molecular flexibility index (Phi) is 7.38. The van der Waals surface area contributed by atoms with E-state index in [4.69, 9.17) is 18.6 Å². The van der Waals surface area contributed by atoms with E-state index in [2.05, 4.69) is 0 Å². The Bertz CT molecular complexity index is 2200. The van der Waals surface area contributed by atoms with Crippen molar-refractivity contribution < 1.29 is 33.9 Å². The standard InChI is InChI=1S/C34H35N3O8/c1-35(2)15-21-18-10-11-37-29(19(18)13-25(43-6)31(21)39)27(17-8-9-23(38)24(12-17)42-5)28-20-14-26(44-7)32(40)22(16-36(3)4)33(20)45-34(41)30(28)37/h8-14,38-40H,15-16H2,1-7H3. The minimum atomic E-state index is -0.604. The number of phenolic OH excluding ortho intramolecular Hbond substituents is 3. The van der Waals surface area contributed by atoms with Crippen LogP contribution in [0.15, 0.2) is 51.8 Å². The van der Waals surface area contributed by atoms with Crippen molar-refractivity contribution >= 4 is 38.2 Å². The van der Waals surface area contributed by atoms with Gasteiger partial charge in [-0.1, -0.05) is 6.07 Å². The fourth-order valence-electron chi connectivity index (χ4n) is 6.21. The fourth-order valence-corrected chi connectivity index (χ4v) is 6.21. The molecule has 0 atom stereocenters. The second kappa shape index (κ2) is 11.1. The minimum absolute atomic E-state index is 0.0329. The van der Waals surface area contributed by atoms with E-state index in [1.54, 1.807) is 34.9 Å². The van der Waals surface area contributed by atoms with Crippen LogP contribution in [0.3, 0.4) is 0 Å². The van der Waals surface area contributed by atoms with E-state index in [1.807, 2.05) is 44.1 Å². The number of fused-ring (bicyclic) bond motifs is 7. The largest absolute Gasteiger partial charge is 0.504 e. The zero-order valence-electron chi connectivity index (χ0n) is 26.2. The summed E-state index contributed by atoms with van der Waals surface area (Å²) in [4.78, 5) is 17.8. The molecule has 0 aliphatic heterocycles. The average Bonchev–Trinajstić information content (AvgIpc) is 3.36. The molecule has 6 aromatic rings. The molecule has 234 valence electrons. The predicted octanol–water partition coefficient (Wildman–Crippen LogP) is 5.28. The molecule has 0 saturated carbocycles. The Morgan fingerprint density at radius 3 is 1.96 bits per heavy atom. The number of methoxy groups -OCH3 is 3. The van der Waals surface area contributed by atoms with Crippen LogP contribution >= 0.6 is 0 Å². The fraction of sp³-hybridized carbons (Fsp3) is 0.265. The number of ether oxygens (including phenoxy) is 3. The first-order valence-corrected chi connectivity index (χ1v) is 14.2. The van der Waals surface area contributed by atoms with E-state index in [0.29, 0.717) is 50.5 Å². The number of phenols is 3. The molecule has 45 heavy (non-hydrogen) atoms. The smallest absolute Gasteiger partial charge is 0.361 e. The van der Waals surface area contributed by atoms with Gasteiger partial charge in [-0.3, -0.25) is 0 Å². The van der Waals surface area contributed by atoms with Gasteiger partial charge in [0.1, 0.15) is 11.1 Å². The van der Waals surface area contributed by atoms with Crippen LogP contribution in [0.25, 0.3) is 49.3 Å². The lowest BCUT2D eigenvalue weighted by molar-refractivity contribution is 0.354. The summed E-state index contributed by atoms with van der Waals surface area (Å²) in [5.74, 6) is 0.636. The van der Waals surface area contributed by atoms with Crippen molar-refractivity contribution in [3.8, 4) is 45.6 Å². The lowest BCUT2D eigenvalue weighted by Gasteiger charge is -2.18. The summed E-state index contributed by atoms with van der Waals surface area (Å²) >= 11 is 0. The number of rotatable bonds is 8. The van der Waals surface area contributed by atoms with Crippen molar-refractivity contribution in [3.05, 3.63) is 64.1 Å². The molecule has 0 unspecified atom stereocenters. The summed E-state index contributed by atoms with van der Waals surface area (Å²) in [5, 5.41) is 35.4. The number of pyridine rings is 1. The third-order valence-electron chi connectivity index (χ3n) is 8.09. The van der Waals surface area contributed by atoms with Gasteiger partial charge in [-0.25, -0.2) is 4.79 Å². The molecule has 0 amide bonds. The molecule has 3 aromatic heterocycles. The molecule has 3 N–H and O–H groups in total. The maximum Gasteiger partial charge on any atom is 0.361 e. The van der Waals surface area contributed by atoms with Gasteiger partial charge in [0.2, 0.25) is 0 Å². The van der Waals surface area contributed by atoms with E-state index in [9.17, 15) is 20.1 Å². The molecular weight excluding hydrogens is 578 g/mol. The number of hydrogen-bond acceptors (Lipinski definition) is 10. The van der Waals surface area contributed by atoms with Crippen molar-refractivity contribution in [2.24, 2.45) is 0 Å². The highest BCUT2D eigenvalue weighted by Gasteiger charge is 2.27. The van der Waals surface area contributed by atoms with Gasteiger partial charge in [-0.2, -0.15) is 0 Å². The maximum atomic E-state index is 14.0. The number of aromatic hydroxyl groups is 3. The Morgan fingerprint density at radius 1 is 0.733 bits per heavy atom. The van der Waals surface area contributed by atoms with Crippen LogP contribution in [0.4, 0.5) is 0 Å². The lowest BCUT2D eigenvalue weighted by atomic mass is 9.95. The van der Waals surface area contributed by atoms with Gasteiger partial charge in [0, 0.05) is 46.6 Å². The highest BCUT2D eigenvalue weighted by molar-refractivity contribution is 6.22. The monoisotopic (exact) mass is 613 g/mol.